The van der Waals surface area contributed by atoms with E-state index in [1.807, 2.05) is 19.1 Å². The van der Waals surface area contributed by atoms with E-state index < -0.39 is 5.97 Å². The average molecular weight is 358 g/mol. The molecule has 0 aliphatic heterocycles. The van der Waals surface area contributed by atoms with Gasteiger partial charge in [-0.2, -0.15) is 0 Å². The summed E-state index contributed by atoms with van der Waals surface area (Å²) in [6.45, 7) is 2.75. The number of hydrogen-bond donors (Lipinski definition) is 2. The van der Waals surface area contributed by atoms with Gasteiger partial charge in [0.15, 0.2) is 18.2 Å². The third-order valence-electron chi connectivity index (χ3n) is 3.44. The van der Waals surface area contributed by atoms with Crippen molar-refractivity contribution in [3.8, 4) is 11.5 Å². The molecule has 0 heterocycles. The van der Waals surface area contributed by atoms with Gasteiger partial charge >= 0.3 is 12.0 Å². The average Bonchev–Trinajstić information content (AvgIpc) is 2.67. The zero-order valence-corrected chi connectivity index (χ0v) is 14.8. The van der Waals surface area contributed by atoms with Gasteiger partial charge < -0.3 is 24.8 Å². The minimum absolute atomic E-state index is 0.0111. The van der Waals surface area contributed by atoms with Crippen LogP contribution in [0.25, 0.3) is 0 Å². The molecule has 2 aromatic rings. The molecule has 138 valence electrons. The lowest BCUT2D eigenvalue weighted by molar-refractivity contribution is 0.0600. The number of carbonyl (C=O) groups excluding carboxylic acids is 2. The number of carbonyl (C=O) groups is 2. The molecule has 0 spiro atoms. The third kappa shape index (κ3) is 5.70. The minimum Gasteiger partial charge on any atom is -0.490 e. The number of ether oxygens (including phenoxy) is 3. The second kappa shape index (κ2) is 9.93. The Kier molecular flexibility index (Phi) is 7.30. The number of methoxy groups -OCH3 is 1. The maximum Gasteiger partial charge on any atom is 0.337 e. The van der Waals surface area contributed by atoms with Gasteiger partial charge in [-0.3, -0.25) is 0 Å². The molecule has 7 nitrogen and oxygen atoms in total. The van der Waals surface area contributed by atoms with Gasteiger partial charge in [0.25, 0.3) is 0 Å². The van der Waals surface area contributed by atoms with Gasteiger partial charge in [-0.15, -0.1) is 0 Å². The first-order valence-corrected chi connectivity index (χ1v) is 8.17. The summed E-state index contributed by atoms with van der Waals surface area (Å²) in [5.74, 6) is 0.794. The Balaban J connectivity index is 1.75. The van der Waals surface area contributed by atoms with Gasteiger partial charge in [-0.25, -0.2) is 9.59 Å². The molecule has 0 saturated carbocycles. The Morgan fingerprint density at radius 2 is 1.58 bits per heavy atom. The third-order valence-corrected chi connectivity index (χ3v) is 3.44. The summed E-state index contributed by atoms with van der Waals surface area (Å²) in [7, 11) is 1.33. The van der Waals surface area contributed by atoms with Gasteiger partial charge in [-0.1, -0.05) is 24.3 Å². The monoisotopic (exact) mass is 358 g/mol. The van der Waals surface area contributed by atoms with Gasteiger partial charge in [0, 0.05) is 6.54 Å². The van der Waals surface area contributed by atoms with Gasteiger partial charge in [0.2, 0.25) is 0 Å². The van der Waals surface area contributed by atoms with Gasteiger partial charge in [0.05, 0.1) is 19.3 Å². The highest BCUT2D eigenvalue weighted by molar-refractivity contribution is 5.89. The fourth-order valence-corrected chi connectivity index (χ4v) is 2.14. The molecule has 0 fully saturated rings. The summed E-state index contributed by atoms with van der Waals surface area (Å²) in [4.78, 5) is 23.2. The number of benzene rings is 2. The van der Waals surface area contributed by atoms with Crippen molar-refractivity contribution in [3.05, 3.63) is 59.7 Å². The summed E-state index contributed by atoms with van der Waals surface area (Å²) in [6, 6.07) is 13.7. The van der Waals surface area contributed by atoms with Crippen molar-refractivity contribution < 1.29 is 23.8 Å². The summed E-state index contributed by atoms with van der Waals surface area (Å²) in [5.41, 5.74) is 1.32. The van der Waals surface area contributed by atoms with Crippen molar-refractivity contribution in [2.75, 3.05) is 20.4 Å². The van der Waals surface area contributed by atoms with Crippen molar-refractivity contribution in [3.63, 3.8) is 0 Å². The van der Waals surface area contributed by atoms with Crippen LogP contribution >= 0.6 is 0 Å². The zero-order valence-electron chi connectivity index (χ0n) is 14.8. The molecule has 7 heteroatoms. The first-order chi connectivity index (χ1) is 12.6. The SMILES string of the molecule is CCOc1ccccc1OCNC(=O)NCc1ccc(C(=O)OC)cc1. The second-order valence-electron chi connectivity index (χ2n) is 5.22. The predicted molar refractivity (Wildman–Crippen MR) is 96.3 cm³/mol. The molecule has 2 aromatic carbocycles. The molecule has 0 bridgehead atoms. The number of nitrogens with one attached hydrogen (secondary N) is 2. The summed E-state index contributed by atoms with van der Waals surface area (Å²) in [6.07, 6.45) is 0. The minimum atomic E-state index is -0.397. The molecule has 26 heavy (non-hydrogen) atoms. The first-order valence-electron chi connectivity index (χ1n) is 8.17. The highest BCUT2D eigenvalue weighted by Crippen LogP contribution is 2.25. The van der Waals surface area contributed by atoms with Crippen molar-refractivity contribution in [2.45, 2.75) is 13.5 Å². The molecule has 0 unspecified atom stereocenters. The Morgan fingerprint density at radius 1 is 0.923 bits per heavy atom. The van der Waals surface area contributed by atoms with E-state index in [0.29, 0.717) is 30.2 Å². The fraction of sp³-hybridized carbons (Fsp3) is 0.263. The summed E-state index contributed by atoms with van der Waals surface area (Å²) < 4.78 is 15.6. The van der Waals surface area contributed by atoms with Crippen molar-refractivity contribution in [2.24, 2.45) is 0 Å². The van der Waals surface area contributed by atoms with E-state index in [-0.39, 0.29) is 12.8 Å². The normalized spacial score (nSPS) is 9.92. The Labute approximate surface area is 152 Å². The van der Waals surface area contributed by atoms with E-state index in [0.717, 1.165) is 5.56 Å². The lowest BCUT2D eigenvalue weighted by Crippen LogP contribution is -2.37. The topological polar surface area (TPSA) is 85.9 Å². The van der Waals surface area contributed by atoms with Crippen LogP contribution in [0.4, 0.5) is 4.79 Å². The van der Waals surface area contributed by atoms with E-state index in [1.54, 1.807) is 36.4 Å². The molecule has 2 amide bonds. The van der Waals surface area contributed by atoms with Crippen LogP contribution in [0.1, 0.15) is 22.8 Å². The van der Waals surface area contributed by atoms with Gasteiger partial charge in [0.1, 0.15) is 0 Å². The maximum absolute atomic E-state index is 11.8. The van der Waals surface area contributed by atoms with Gasteiger partial charge in [-0.05, 0) is 36.8 Å². The smallest absolute Gasteiger partial charge is 0.337 e. The van der Waals surface area contributed by atoms with Crippen LogP contribution in [-0.2, 0) is 11.3 Å². The largest absolute Gasteiger partial charge is 0.490 e. The number of urea groups is 1. The van der Waals surface area contributed by atoms with E-state index >= 15 is 0 Å². The lowest BCUT2D eigenvalue weighted by Gasteiger charge is -2.12. The zero-order chi connectivity index (χ0) is 18.8. The van der Waals surface area contributed by atoms with Crippen LogP contribution in [0.3, 0.4) is 0 Å². The molecule has 2 N–H and O–H groups in total. The predicted octanol–water partition coefficient (Wildman–Crippen LogP) is 2.71. The van der Waals surface area contributed by atoms with E-state index in [1.165, 1.54) is 7.11 Å². The number of amides is 2. The molecule has 0 atom stereocenters. The molecule has 0 aliphatic carbocycles. The van der Waals surface area contributed by atoms with Crippen LogP contribution in [-0.4, -0.2) is 32.4 Å². The quantitative estimate of drug-likeness (QED) is 0.560. The van der Waals surface area contributed by atoms with Crippen molar-refractivity contribution >= 4 is 12.0 Å². The Morgan fingerprint density at radius 3 is 2.19 bits per heavy atom. The molecule has 0 radical (unpaired) electrons. The number of hydrogen-bond acceptors (Lipinski definition) is 5. The fourth-order valence-electron chi connectivity index (χ4n) is 2.14. The Bertz CT molecular complexity index is 731. The van der Waals surface area contributed by atoms with Crippen LogP contribution in [0.2, 0.25) is 0 Å². The molecule has 0 aromatic heterocycles. The van der Waals surface area contributed by atoms with Crippen LogP contribution < -0.4 is 20.1 Å². The van der Waals surface area contributed by atoms with Crippen LogP contribution in [0.5, 0.6) is 11.5 Å². The van der Waals surface area contributed by atoms with Crippen LogP contribution in [0.15, 0.2) is 48.5 Å². The van der Waals surface area contributed by atoms with E-state index in [9.17, 15) is 9.59 Å². The lowest BCUT2D eigenvalue weighted by atomic mass is 10.1. The highest BCUT2D eigenvalue weighted by atomic mass is 16.5. The summed E-state index contributed by atoms with van der Waals surface area (Å²) >= 11 is 0. The van der Waals surface area contributed by atoms with Crippen molar-refractivity contribution in [1.29, 1.82) is 0 Å². The molecular formula is C19H22N2O5. The summed E-state index contributed by atoms with van der Waals surface area (Å²) in [5, 5.41) is 5.32. The maximum atomic E-state index is 11.8. The van der Waals surface area contributed by atoms with E-state index in [2.05, 4.69) is 15.4 Å². The molecular weight excluding hydrogens is 336 g/mol. The second-order valence-corrected chi connectivity index (χ2v) is 5.22. The number of esters is 1. The number of para-hydroxylation sites is 2. The van der Waals surface area contributed by atoms with Crippen LogP contribution in [0, 0.1) is 0 Å². The molecule has 0 saturated heterocycles. The Hall–Kier alpha value is -3.22. The molecule has 2 rings (SSSR count). The standard InChI is InChI=1S/C19H22N2O5/c1-3-25-16-6-4-5-7-17(16)26-13-21-19(23)20-12-14-8-10-15(11-9-14)18(22)24-2/h4-11H,3,12-13H2,1-2H3,(H2,20,21,23). The van der Waals surface area contributed by atoms with E-state index in [4.69, 9.17) is 9.47 Å². The number of rotatable bonds is 8. The van der Waals surface area contributed by atoms with Crippen molar-refractivity contribution in [1.82, 2.24) is 10.6 Å². The highest BCUT2D eigenvalue weighted by Gasteiger charge is 2.06. The molecule has 0 aliphatic rings. The first kappa shape index (κ1) is 19.1.